The standard InChI is InChI=1S/C22H35B3F3N3O5/c23-21(24,25)5-2-1-3-17(33)31-12-20(6-7-20)10-15(31)19(35)30-14(9-13-4-8-29-18(13)34)16(32)11-36-22(26,27)28/h13-15H,1-12,23-25H2,(H,29,34)(H,30,35)/t13-,14-,15-/m0/s1. The Morgan fingerprint density at radius 3 is 2.44 bits per heavy atom. The van der Waals surface area contributed by atoms with Crippen molar-refractivity contribution in [3.8, 4) is 0 Å². The molecular formula is C22H35B3F3N3O5. The van der Waals surface area contributed by atoms with Crippen LogP contribution in [0.2, 0.25) is 5.11 Å². The van der Waals surface area contributed by atoms with Gasteiger partial charge in [0.15, 0.2) is 5.78 Å². The van der Waals surface area contributed by atoms with Crippen LogP contribution in [-0.2, 0) is 23.9 Å². The van der Waals surface area contributed by atoms with Gasteiger partial charge in [0.25, 0.3) is 0 Å². The Balaban J connectivity index is 1.65. The van der Waals surface area contributed by atoms with Gasteiger partial charge >= 0.3 is 6.36 Å². The van der Waals surface area contributed by atoms with Gasteiger partial charge in [-0.3, -0.25) is 23.9 Å². The van der Waals surface area contributed by atoms with Crippen molar-refractivity contribution in [2.45, 2.75) is 81.3 Å². The molecule has 3 amide bonds. The van der Waals surface area contributed by atoms with E-state index in [1.165, 1.54) is 0 Å². The van der Waals surface area contributed by atoms with E-state index in [-0.39, 0.29) is 28.8 Å². The SMILES string of the molecule is BC(B)(B)CCCCC(=O)N1CC2(CC2)C[C@H]1C(=O)N[C@@H](C[C@@H]1CCNC1=O)C(=O)COC(F)(F)F. The Bertz CT molecular complexity index is 864. The van der Waals surface area contributed by atoms with Gasteiger partial charge in [-0.25, -0.2) is 0 Å². The summed E-state index contributed by atoms with van der Waals surface area (Å²) in [4.78, 5) is 52.5. The quantitative estimate of drug-likeness (QED) is 0.259. The van der Waals surface area contributed by atoms with Gasteiger partial charge in [-0.15, -0.1) is 18.3 Å². The highest BCUT2D eigenvalue weighted by Gasteiger charge is 2.55. The smallest absolute Gasteiger partial charge is 0.356 e. The summed E-state index contributed by atoms with van der Waals surface area (Å²) in [7, 11) is 6.41. The van der Waals surface area contributed by atoms with E-state index in [2.05, 4.69) is 38.9 Å². The third-order valence-electron chi connectivity index (χ3n) is 7.42. The van der Waals surface area contributed by atoms with Crippen LogP contribution in [0.25, 0.3) is 0 Å². The molecule has 14 heteroatoms. The molecule has 1 saturated carbocycles. The number of halogens is 3. The van der Waals surface area contributed by atoms with E-state index in [9.17, 15) is 32.3 Å². The Labute approximate surface area is 212 Å². The third kappa shape index (κ3) is 8.28. The molecule has 2 aliphatic heterocycles. The fourth-order valence-electron chi connectivity index (χ4n) is 5.11. The maximum absolute atomic E-state index is 13.3. The molecule has 2 heterocycles. The van der Waals surface area contributed by atoms with Gasteiger partial charge in [0.1, 0.15) is 12.6 Å². The molecule has 0 unspecified atom stereocenters. The lowest BCUT2D eigenvalue weighted by Crippen LogP contribution is -2.52. The number of hydrogen-bond acceptors (Lipinski definition) is 5. The molecule has 3 aliphatic rings. The summed E-state index contributed by atoms with van der Waals surface area (Å²) in [6, 6.07) is -2.09. The minimum Gasteiger partial charge on any atom is -0.356 e. The van der Waals surface area contributed by atoms with Crippen molar-refractivity contribution in [1.82, 2.24) is 15.5 Å². The Hall–Kier alpha value is -1.98. The number of nitrogens with zero attached hydrogens (tertiary/aromatic N) is 1. The predicted molar refractivity (Wildman–Crippen MR) is 133 cm³/mol. The van der Waals surface area contributed by atoms with E-state index < -0.39 is 42.7 Å². The van der Waals surface area contributed by atoms with E-state index in [0.29, 0.717) is 38.8 Å². The summed E-state index contributed by atoms with van der Waals surface area (Å²) in [5.74, 6) is -2.54. The molecule has 0 bridgehead atoms. The highest BCUT2D eigenvalue weighted by atomic mass is 19.4. The predicted octanol–water partition coefficient (Wildman–Crippen LogP) is -0.983. The van der Waals surface area contributed by atoms with Crippen molar-refractivity contribution in [3.05, 3.63) is 0 Å². The third-order valence-corrected chi connectivity index (χ3v) is 7.42. The molecule has 0 aromatic rings. The normalized spacial score (nSPS) is 24.0. The molecule has 3 atom stereocenters. The van der Waals surface area contributed by atoms with Crippen molar-refractivity contribution >= 4 is 47.0 Å². The molecule has 0 aromatic carbocycles. The number of Topliss-reactive ketones (excluding diaryl/α,β-unsaturated/α-hetero) is 1. The fraction of sp³-hybridized carbons (Fsp3) is 0.818. The van der Waals surface area contributed by atoms with Crippen molar-refractivity contribution in [2.75, 3.05) is 19.7 Å². The van der Waals surface area contributed by atoms with Gasteiger partial charge in [-0.1, -0.05) is 12.8 Å². The highest BCUT2D eigenvalue weighted by molar-refractivity contribution is 6.58. The average Bonchev–Trinajstić information content (AvgIpc) is 3.22. The molecule has 2 saturated heterocycles. The molecule has 198 valence electrons. The summed E-state index contributed by atoms with van der Waals surface area (Å²) in [5.41, 5.74) is -0.0900. The summed E-state index contributed by atoms with van der Waals surface area (Å²) in [5, 5.41) is 5.37. The zero-order chi connectivity index (χ0) is 26.7. The maximum atomic E-state index is 13.3. The number of alkyl halides is 3. The lowest BCUT2D eigenvalue weighted by Gasteiger charge is -2.27. The van der Waals surface area contributed by atoms with Crippen LogP contribution in [-0.4, -0.2) is 90.1 Å². The highest BCUT2D eigenvalue weighted by Crippen LogP contribution is 2.55. The van der Waals surface area contributed by atoms with E-state index in [0.717, 1.165) is 25.7 Å². The van der Waals surface area contributed by atoms with Crippen LogP contribution in [0.1, 0.15) is 57.8 Å². The number of carbonyl (C=O) groups is 4. The van der Waals surface area contributed by atoms with Gasteiger partial charge in [0.05, 0.1) is 29.6 Å². The average molecular weight is 511 g/mol. The second kappa shape index (κ2) is 11.2. The van der Waals surface area contributed by atoms with E-state index >= 15 is 0 Å². The molecule has 3 fully saturated rings. The molecular weight excluding hydrogens is 476 g/mol. The van der Waals surface area contributed by atoms with Crippen LogP contribution < -0.4 is 10.6 Å². The number of amides is 3. The van der Waals surface area contributed by atoms with Crippen molar-refractivity contribution in [2.24, 2.45) is 11.3 Å². The van der Waals surface area contributed by atoms with Crippen LogP contribution in [0.15, 0.2) is 0 Å². The first-order valence-electron chi connectivity index (χ1n) is 12.8. The van der Waals surface area contributed by atoms with Crippen molar-refractivity contribution in [3.63, 3.8) is 0 Å². The van der Waals surface area contributed by atoms with Crippen molar-refractivity contribution < 1.29 is 37.1 Å². The number of hydrogen-bond donors (Lipinski definition) is 2. The maximum Gasteiger partial charge on any atom is 0.522 e. The number of likely N-dealkylation sites (tertiary alicyclic amines) is 1. The minimum absolute atomic E-state index is 0.0900. The Morgan fingerprint density at radius 1 is 1.19 bits per heavy atom. The molecule has 8 nitrogen and oxygen atoms in total. The number of ketones is 1. The molecule has 0 radical (unpaired) electrons. The summed E-state index contributed by atoms with van der Waals surface area (Å²) >= 11 is 0. The lowest BCUT2D eigenvalue weighted by atomic mass is 9.41. The number of nitrogens with one attached hydrogen (secondary N) is 2. The van der Waals surface area contributed by atoms with E-state index in [1.54, 1.807) is 4.90 Å². The van der Waals surface area contributed by atoms with Gasteiger partial charge in [0.2, 0.25) is 17.7 Å². The second-order valence-corrected chi connectivity index (χ2v) is 11.8. The van der Waals surface area contributed by atoms with Crippen molar-refractivity contribution in [1.29, 1.82) is 0 Å². The summed E-state index contributed by atoms with van der Waals surface area (Å²) < 4.78 is 41.2. The molecule has 3 rings (SSSR count). The monoisotopic (exact) mass is 511 g/mol. The van der Waals surface area contributed by atoms with E-state index in [4.69, 9.17) is 0 Å². The molecule has 36 heavy (non-hydrogen) atoms. The first-order valence-corrected chi connectivity index (χ1v) is 12.8. The van der Waals surface area contributed by atoms with E-state index in [1.807, 2.05) is 0 Å². The number of carbonyl (C=O) groups excluding carboxylic acids is 4. The molecule has 2 N–H and O–H groups in total. The molecule has 0 aromatic heterocycles. The molecule has 1 spiro atoms. The second-order valence-electron chi connectivity index (χ2n) is 11.8. The molecule has 1 aliphatic carbocycles. The first kappa shape index (κ1) is 28.6. The zero-order valence-corrected chi connectivity index (χ0v) is 21.3. The van der Waals surface area contributed by atoms with Crippen LogP contribution >= 0.6 is 0 Å². The Morgan fingerprint density at radius 2 is 1.89 bits per heavy atom. The first-order chi connectivity index (χ1) is 16.7. The zero-order valence-electron chi connectivity index (χ0n) is 21.3. The van der Waals surface area contributed by atoms with Crippen LogP contribution in [0, 0.1) is 11.3 Å². The van der Waals surface area contributed by atoms with Gasteiger partial charge in [-0.2, -0.15) is 0 Å². The minimum atomic E-state index is -4.99. The van der Waals surface area contributed by atoms with Crippen LogP contribution in [0.3, 0.4) is 0 Å². The van der Waals surface area contributed by atoms with Crippen LogP contribution in [0.4, 0.5) is 13.2 Å². The number of ether oxygens (including phenoxy) is 1. The van der Waals surface area contributed by atoms with Gasteiger partial charge in [0, 0.05) is 25.4 Å². The largest absolute Gasteiger partial charge is 0.522 e. The number of unbranched alkanes of at least 4 members (excludes halogenated alkanes) is 1. The number of rotatable bonds is 12. The van der Waals surface area contributed by atoms with Gasteiger partial charge < -0.3 is 15.5 Å². The van der Waals surface area contributed by atoms with Gasteiger partial charge in [-0.05, 0) is 43.9 Å². The summed E-state index contributed by atoms with van der Waals surface area (Å²) in [6.45, 7) is -0.377. The fourth-order valence-corrected chi connectivity index (χ4v) is 5.11. The lowest BCUT2D eigenvalue weighted by molar-refractivity contribution is -0.321. The topological polar surface area (TPSA) is 105 Å². The van der Waals surface area contributed by atoms with Crippen LogP contribution in [0.5, 0.6) is 0 Å². The Kier molecular flexibility index (Phi) is 8.89. The summed E-state index contributed by atoms with van der Waals surface area (Å²) in [6.07, 6.45) is 0.507.